The number of halogens is 3. The molecular weight excluding hydrogens is 624 g/mol. The summed E-state index contributed by atoms with van der Waals surface area (Å²) in [6.07, 6.45) is 1.49. The predicted molar refractivity (Wildman–Crippen MR) is 160 cm³/mol. The van der Waals surface area contributed by atoms with Gasteiger partial charge in [-0.2, -0.15) is 5.10 Å². The van der Waals surface area contributed by atoms with E-state index >= 15 is 0 Å². The zero-order valence-corrected chi connectivity index (χ0v) is 25.2. The van der Waals surface area contributed by atoms with E-state index in [4.69, 9.17) is 27.1 Å². The maximum atomic E-state index is 13.8. The molecule has 2 atom stereocenters. The molecule has 4 aromatic rings. The van der Waals surface area contributed by atoms with Crippen molar-refractivity contribution in [3.8, 4) is 28.5 Å². The molecule has 4 N–H and O–H groups in total. The second kappa shape index (κ2) is 9.76. The number of alkyl halides is 2. The summed E-state index contributed by atoms with van der Waals surface area (Å²) in [6.45, 7) is 1.33. The summed E-state index contributed by atoms with van der Waals surface area (Å²) in [7, 11) is 0. The zero-order chi connectivity index (χ0) is 32.2. The smallest absolute Gasteiger partial charge is 0.489 e. The lowest BCUT2D eigenvalue weighted by atomic mass is 9.81. The van der Waals surface area contributed by atoms with Crippen LogP contribution in [0, 0.1) is 5.92 Å². The van der Waals surface area contributed by atoms with Crippen LogP contribution in [0.15, 0.2) is 42.6 Å². The van der Waals surface area contributed by atoms with Crippen molar-refractivity contribution in [3.63, 3.8) is 0 Å². The Balaban J connectivity index is 1.16. The van der Waals surface area contributed by atoms with Crippen LogP contribution in [0.5, 0.6) is 17.2 Å². The summed E-state index contributed by atoms with van der Waals surface area (Å²) < 4.78 is 44.6. The Kier molecular flexibility index (Phi) is 6.14. The van der Waals surface area contributed by atoms with Gasteiger partial charge in [0.25, 0.3) is 5.91 Å². The maximum Gasteiger partial charge on any atom is 0.586 e. The molecular formula is C32H28ClF2N5O6. The number of fused-ring (bicyclic) bond motifs is 3. The largest absolute Gasteiger partial charge is 0.586 e. The number of pyridine rings is 1. The molecule has 238 valence electrons. The van der Waals surface area contributed by atoms with Crippen molar-refractivity contribution < 1.29 is 37.7 Å². The second-order valence-corrected chi connectivity index (χ2v) is 13.1. The molecule has 0 spiro atoms. The number of ether oxygens (including phenoxy) is 3. The molecule has 0 saturated heterocycles. The van der Waals surface area contributed by atoms with Crippen molar-refractivity contribution >= 4 is 34.3 Å². The van der Waals surface area contributed by atoms with E-state index in [1.54, 1.807) is 25.1 Å². The third-order valence-electron chi connectivity index (χ3n) is 9.27. The van der Waals surface area contributed by atoms with E-state index in [1.807, 2.05) is 10.9 Å². The van der Waals surface area contributed by atoms with E-state index in [0.717, 1.165) is 18.2 Å². The Morgan fingerprint density at radius 1 is 1.15 bits per heavy atom. The number of aliphatic hydroxyl groups is 1. The van der Waals surface area contributed by atoms with Crippen LogP contribution in [-0.2, 0) is 15.8 Å². The van der Waals surface area contributed by atoms with Gasteiger partial charge in [0.15, 0.2) is 11.5 Å². The van der Waals surface area contributed by atoms with Crippen LogP contribution in [0.3, 0.4) is 0 Å². The van der Waals surface area contributed by atoms with Gasteiger partial charge in [-0.1, -0.05) is 11.6 Å². The van der Waals surface area contributed by atoms with Gasteiger partial charge in [-0.3, -0.25) is 14.3 Å². The Labute approximate surface area is 265 Å². The number of rotatable bonds is 8. The molecule has 0 bridgehead atoms. The van der Waals surface area contributed by atoms with Gasteiger partial charge in [0.1, 0.15) is 34.6 Å². The van der Waals surface area contributed by atoms with Crippen LogP contribution in [0.2, 0.25) is 5.02 Å². The van der Waals surface area contributed by atoms with Crippen LogP contribution in [-0.4, -0.2) is 51.1 Å². The molecule has 2 aliphatic heterocycles. The molecule has 14 heteroatoms. The van der Waals surface area contributed by atoms with Crippen molar-refractivity contribution in [2.24, 2.45) is 11.7 Å². The molecule has 2 amide bonds. The second-order valence-electron chi connectivity index (χ2n) is 12.7. The van der Waals surface area contributed by atoms with Crippen LogP contribution in [0.25, 0.3) is 22.2 Å². The average Bonchev–Trinajstić information content (AvgIpc) is 3.94. The third kappa shape index (κ3) is 4.63. The van der Waals surface area contributed by atoms with Crippen molar-refractivity contribution in [1.29, 1.82) is 0 Å². The summed E-state index contributed by atoms with van der Waals surface area (Å²) in [6, 6.07) is 9.33. The normalized spacial score (nSPS) is 22.3. The Morgan fingerprint density at radius 2 is 1.91 bits per heavy atom. The fourth-order valence-corrected chi connectivity index (χ4v) is 6.46. The lowest BCUT2D eigenvalue weighted by Gasteiger charge is -2.30. The van der Waals surface area contributed by atoms with E-state index in [-0.39, 0.29) is 47.7 Å². The van der Waals surface area contributed by atoms with E-state index in [1.165, 1.54) is 18.2 Å². The number of hydrogen-bond donors (Lipinski definition) is 3. The number of carbonyl (C=O) groups is 2. The van der Waals surface area contributed by atoms with E-state index in [0.29, 0.717) is 46.1 Å². The number of nitrogens with zero attached hydrogens (tertiary/aromatic N) is 3. The van der Waals surface area contributed by atoms with Gasteiger partial charge in [-0.25, -0.2) is 4.98 Å². The van der Waals surface area contributed by atoms with Gasteiger partial charge in [0.2, 0.25) is 5.91 Å². The zero-order valence-electron chi connectivity index (χ0n) is 24.5. The number of amides is 2. The molecule has 4 heterocycles. The van der Waals surface area contributed by atoms with Gasteiger partial charge in [0, 0.05) is 28.3 Å². The summed E-state index contributed by atoms with van der Waals surface area (Å²) in [5, 5.41) is 20.7. The van der Waals surface area contributed by atoms with Gasteiger partial charge >= 0.3 is 6.29 Å². The number of nitrogens with two attached hydrogens (primary N) is 1. The monoisotopic (exact) mass is 651 g/mol. The molecule has 2 aliphatic carbocycles. The fourth-order valence-electron chi connectivity index (χ4n) is 6.19. The van der Waals surface area contributed by atoms with Crippen LogP contribution in [0.1, 0.15) is 60.3 Å². The molecule has 2 aromatic carbocycles. The Bertz CT molecular complexity index is 1980. The summed E-state index contributed by atoms with van der Waals surface area (Å²) in [5.74, 6) is -1.49. The summed E-state index contributed by atoms with van der Waals surface area (Å²) in [4.78, 5) is 30.9. The molecule has 11 nitrogen and oxygen atoms in total. The predicted octanol–water partition coefficient (Wildman–Crippen LogP) is 4.57. The van der Waals surface area contributed by atoms with Crippen LogP contribution in [0.4, 0.5) is 8.78 Å². The number of hydrogen-bond acceptors (Lipinski definition) is 8. The standard InChI is InChI=1S/C32H28ClF2N5O6/c1-30(29(36)42)14-44-27-20(30)11-24(38-26(27)15-2-7-22-23(10-15)46-32(34,35)45-22)31(43,18-3-4-18)13-37-28(41)16-8-17-12-40(19-5-6-19)39-25(17)21(33)9-16/h2,7-12,18-19,43H,3-6,13-14H2,1H3,(H2,36,42)(H,37,41)/t30-,31?/m0/s1. The number of carbonyl (C=O) groups excluding carboxylic acids is 2. The molecule has 2 saturated carbocycles. The molecule has 1 unspecified atom stereocenters. The lowest BCUT2D eigenvalue weighted by Crippen LogP contribution is -2.44. The highest BCUT2D eigenvalue weighted by atomic mass is 35.5. The number of benzene rings is 2. The maximum absolute atomic E-state index is 13.8. The van der Waals surface area contributed by atoms with E-state index < -0.39 is 29.1 Å². The quantitative estimate of drug-likeness (QED) is 0.251. The SMILES string of the molecule is C[C@]1(C(N)=O)COc2c1cc(C(O)(CNC(=O)c1cc(Cl)c3nn(C4CC4)cc3c1)C1CC1)nc2-c1ccc2c(c1)OC(F)(F)O2. The van der Waals surface area contributed by atoms with Crippen molar-refractivity contribution in [1.82, 2.24) is 20.1 Å². The van der Waals surface area contributed by atoms with Crippen molar-refractivity contribution in [3.05, 3.63) is 64.4 Å². The van der Waals surface area contributed by atoms with Gasteiger partial charge in [-0.05, 0) is 74.9 Å². The number of aromatic nitrogens is 3. The lowest BCUT2D eigenvalue weighted by molar-refractivity contribution is -0.286. The Morgan fingerprint density at radius 3 is 2.63 bits per heavy atom. The molecule has 8 rings (SSSR count). The topological polar surface area (TPSA) is 151 Å². The highest BCUT2D eigenvalue weighted by Gasteiger charge is 2.50. The fraction of sp³-hybridized carbons (Fsp3) is 0.375. The minimum atomic E-state index is -3.82. The Hall–Kier alpha value is -4.49. The average molecular weight is 652 g/mol. The summed E-state index contributed by atoms with van der Waals surface area (Å²) in [5.41, 5.74) is 4.87. The van der Waals surface area contributed by atoms with Crippen molar-refractivity contribution in [2.45, 2.75) is 56.0 Å². The van der Waals surface area contributed by atoms with Gasteiger partial charge in [-0.15, -0.1) is 8.78 Å². The minimum Gasteiger partial charge on any atom is -0.489 e. The molecule has 46 heavy (non-hydrogen) atoms. The van der Waals surface area contributed by atoms with Crippen LogP contribution >= 0.6 is 11.6 Å². The first-order valence-electron chi connectivity index (χ1n) is 14.9. The first-order valence-corrected chi connectivity index (χ1v) is 15.3. The molecule has 2 aromatic heterocycles. The van der Waals surface area contributed by atoms with E-state index in [2.05, 4.69) is 19.9 Å². The molecule has 4 aliphatic rings. The molecule has 2 fully saturated rings. The van der Waals surface area contributed by atoms with Gasteiger partial charge < -0.3 is 30.4 Å². The number of primary amides is 1. The third-order valence-corrected chi connectivity index (χ3v) is 9.56. The molecule has 0 radical (unpaired) electrons. The first kappa shape index (κ1) is 28.9. The van der Waals surface area contributed by atoms with E-state index in [9.17, 15) is 23.5 Å². The van der Waals surface area contributed by atoms with Crippen LogP contribution < -0.4 is 25.3 Å². The highest BCUT2D eigenvalue weighted by molar-refractivity contribution is 6.35. The summed E-state index contributed by atoms with van der Waals surface area (Å²) >= 11 is 6.50. The minimum absolute atomic E-state index is 0.0857. The van der Waals surface area contributed by atoms with Crippen molar-refractivity contribution in [2.75, 3.05) is 13.2 Å². The highest BCUT2D eigenvalue weighted by Crippen LogP contribution is 2.51. The van der Waals surface area contributed by atoms with Gasteiger partial charge in [0.05, 0.1) is 23.3 Å². The first-order chi connectivity index (χ1) is 21.8. The number of nitrogens with one attached hydrogen (secondary N) is 1.